The maximum atomic E-state index is 12.5. The van der Waals surface area contributed by atoms with E-state index in [1.165, 1.54) is 0 Å². The van der Waals surface area contributed by atoms with Crippen LogP contribution in [-0.2, 0) is 6.61 Å². The van der Waals surface area contributed by atoms with Crippen molar-refractivity contribution < 1.29 is 19.2 Å². The smallest absolute Gasteiger partial charge is 0.253 e. The van der Waals surface area contributed by atoms with Gasteiger partial charge in [-0.2, -0.15) is 0 Å². The van der Waals surface area contributed by atoms with Crippen LogP contribution in [0.15, 0.2) is 28.8 Å². The van der Waals surface area contributed by atoms with Gasteiger partial charge in [-0.05, 0) is 56.9 Å². The van der Waals surface area contributed by atoms with Gasteiger partial charge in [-0.1, -0.05) is 5.16 Å². The third-order valence-corrected chi connectivity index (χ3v) is 4.83. The second kappa shape index (κ2) is 7.70. The SMILES string of the molecule is Cc1noc(C)c1COc1ccc(C(=O)N2CCC(CO)CC2)cc1. The molecule has 3 rings (SSSR count). The van der Waals surface area contributed by atoms with Crippen molar-refractivity contribution in [1.82, 2.24) is 10.1 Å². The minimum atomic E-state index is 0.0358. The van der Waals surface area contributed by atoms with Gasteiger partial charge in [0.1, 0.15) is 18.1 Å². The second-order valence-corrected chi connectivity index (χ2v) is 6.53. The minimum Gasteiger partial charge on any atom is -0.489 e. The fraction of sp³-hybridized carbons (Fsp3) is 0.474. The molecule has 2 aromatic rings. The summed E-state index contributed by atoms with van der Waals surface area (Å²) in [7, 11) is 0. The average Bonchev–Trinajstić information content (AvgIpc) is 2.98. The molecule has 134 valence electrons. The molecule has 6 nitrogen and oxygen atoms in total. The second-order valence-electron chi connectivity index (χ2n) is 6.53. The van der Waals surface area contributed by atoms with Crippen LogP contribution >= 0.6 is 0 Å². The lowest BCUT2D eigenvalue weighted by Crippen LogP contribution is -2.39. The Bertz CT molecular complexity index is 696. The lowest BCUT2D eigenvalue weighted by Gasteiger charge is -2.31. The molecule has 1 aliphatic heterocycles. The van der Waals surface area contributed by atoms with Gasteiger partial charge in [0.2, 0.25) is 0 Å². The summed E-state index contributed by atoms with van der Waals surface area (Å²) in [6, 6.07) is 7.21. The zero-order valence-corrected chi connectivity index (χ0v) is 14.7. The van der Waals surface area contributed by atoms with Crippen LogP contribution in [0, 0.1) is 19.8 Å². The lowest BCUT2D eigenvalue weighted by atomic mass is 9.97. The van der Waals surface area contributed by atoms with Crippen molar-refractivity contribution in [2.24, 2.45) is 5.92 Å². The van der Waals surface area contributed by atoms with E-state index in [2.05, 4.69) is 5.16 Å². The number of aryl methyl sites for hydroxylation is 2. The van der Waals surface area contributed by atoms with Crippen LogP contribution in [0.1, 0.15) is 40.2 Å². The van der Waals surface area contributed by atoms with Crippen molar-refractivity contribution in [3.63, 3.8) is 0 Å². The van der Waals surface area contributed by atoms with E-state index in [-0.39, 0.29) is 12.5 Å². The number of benzene rings is 1. The van der Waals surface area contributed by atoms with Crippen LogP contribution in [0.25, 0.3) is 0 Å². The summed E-state index contributed by atoms with van der Waals surface area (Å²) >= 11 is 0. The van der Waals surface area contributed by atoms with Gasteiger partial charge in [0.05, 0.1) is 11.3 Å². The zero-order valence-electron chi connectivity index (χ0n) is 14.7. The highest BCUT2D eigenvalue weighted by Crippen LogP contribution is 2.21. The first-order chi connectivity index (χ1) is 12.1. The molecule has 0 atom stereocenters. The Labute approximate surface area is 147 Å². The summed E-state index contributed by atoms with van der Waals surface area (Å²) in [4.78, 5) is 14.4. The van der Waals surface area contributed by atoms with Gasteiger partial charge in [-0.15, -0.1) is 0 Å². The third-order valence-electron chi connectivity index (χ3n) is 4.83. The van der Waals surface area contributed by atoms with Crippen LogP contribution in [0.4, 0.5) is 0 Å². The Morgan fingerprint density at radius 3 is 2.52 bits per heavy atom. The van der Waals surface area contributed by atoms with Gasteiger partial charge < -0.3 is 19.3 Å². The Kier molecular flexibility index (Phi) is 5.38. The molecule has 1 aliphatic rings. The van der Waals surface area contributed by atoms with E-state index in [0.29, 0.717) is 36.9 Å². The highest BCUT2D eigenvalue weighted by molar-refractivity contribution is 5.94. The predicted octanol–water partition coefficient (Wildman–Crippen LogP) is 2.71. The molecule has 6 heteroatoms. The summed E-state index contributed by atoms with van der Waals surface area (Å²) in [5, 5.41) is 13.1. The summed E-state index contributed by atoms with van der Waals surface area (Å²) in [6.45, 7) is 5.75. The van der Waals surface area contributed by atoms with Gasteiger partial charge in [-0.25, -0.2) is 0 Å². The molecule has 0 aliphatic carbocycles. The van der Waals surface area contributed by atoms with Crippen LogP contribution in [0.2, 0.25) is 0 Å². The molecule has 0 unspecified atom stereocenters. The normalized spacial score (nSPS) is 15.4. The van der Waals surface area contributed by atoms with Crippen molar-refractivity contribution in [3.8, 4) is 5.75 Å². The first-order valence-corrected chi connectivity index (χ1v) is 8.63. The van der Waals surface area contributed by atoms with Gasteiger partial charge in [0.15, 0.2) is 0 Å². The number of hydrogen-bond acceptors (Lipinski definition) is 5. The standard InChI is InChI=1S/C19H24N2O4/c1-13-18(14(2)25-20-13)12-24-17-5-3-16(4-6-17)19(23)21-9-7-15(11-22)8-10-21/h3-6,15,22H,7-12H2,1-2H3. The molecule has 1 amide bonds. The summed E-state index contributed by atoms with van der Waals surface area (Å²) < 4.78 is 10.9. The summed E-state index contributed by atoms with van der Waals surface area (Å²) in [5.41, 5.74) is 2.44. The number of amides is 1. The van der Waals surface area contributed by atoms with E-state index in [9.17, 15) is 9.90 Å². The highest BCUT2D eigenvalue weighted by atomic mass is 16.5. The number of aliphatic hydroxyl groups excluding tert-OH is 1. The van der Waals surface area contributed by atoms with Crippen molar-refractivity contribution in [2.75, 3.05) is 19.7 Å². The molecular formula is C19H24N2O4. The number of aliphatic hydroxyl groups is 1. The Morgan fingerprint density at radius 1 is 1.28 bits per heavy atom. The number of nitrogens with zero attached hydrogens (tertiary/aromatic N) is 2. The molecule has 1 fully saturated rings. The third kappa shape index (κ3) is 4.02. The van der Waals surface area contributed by atoms with Gasteiger partial charge >= 0.3 is 0 Å². The molecule has 0 spiro atoms. The molecule has 1 aromatic heterocycles. The minimum absolute atomic E-state index is 0.0358. The Hall–Kier alpha value is -2.34. The predicted molar refractivity (Wildman–Crippen MR) is 92.5 cm³/mol. The first kappa shape index (κ1) is 17.5. The van der Waals surface area contributed by atoms with Gasteiger partial charge in [-0.3, -0.25) is 4.79 Å². The quantitative estimate of drug-likeness (QED) is 0.902. The van der Waals surface area contributed by atoms with E-state index in [1.807, 2.05) is 30.9 Å². The van der Waals surface area contributed by atoms with Gasteiger partial charge in [0, 0.05) is 25.3 Å². The zero-order chi connectivity index (χ0) is 17.8. The summed E-state index contributed by atoms with van der Waals surface area (Å²) in [5.74, 6) is 1.82. The molecule has 0 radical (unpaired) electrons. The number of likely N-dealkylation sites (tertiary alicyclic amines) is 1. The number of carbonyl (C=O) groups excluding carboxylic acids is 1. The van der Waals surface area contributed by atoms with E-state index in [0.717, 1.165) is 29.9 Å². The first-order valence-electron chi connectivity index (χ1n) is 8.63. The van der Waals surface area contributed by atoms with E-state index in [1.54, 1.807) is 12.1 Å². The maximum Gasteiger partial charge on any atom is 0.253 e. The average molecular weight is 344 g/mol. The number of aromatic nitrogens is 1. The topological polar surface area (TPSA) is 75.8 Å². The van der Waals surface area contributed by atoms with Crippen molar-refractivity contribution >= 4 is 5.91 Å². The molecule has 25 heavy (non-hydrogen) atoms. The highest BCUT2D eigenvalue weighted by Gasteiger charge is 2.23. The monoisotopic (exact) mass is 344 g/mol. The maximum absolute atomic E-state index is 12.5. The number of hydrogen-bond donors (Lipinski definition) is 1. The van der Waals surface area contributed by atoms with Crippen molar-refractivity contribution in [3.05, 3.63) is 46.8 Å². The fourth-order valence-electron chi connectivity index (χ4n) is 3.06. The molecule has 1 saturated heterocycles. The van der Waals surface area contributed by atoms with Gasteiger partial charge in [0.25, 0.3) is 5.91 Å². The fourth-order valence-corrected chi connectivity index (χ4v) is 3.06. The number of ether oxygens (including phenoxy) is 1. The Balaban J connectivity index is 1.57. The van der Waals surface area contributed by atoms with E-state index < -0.39 is 0 Å². The van der Waals surface area contributed by atoms with Crippen LogP contribution in [-0.4, -0.2) is 40.8 Å². The largest absolute Gasteiger partial charge is 0.489 e. The van der Waals surface area contributed by atoms with Crippen LogP contribution < -0.4 is 4.74 Å². The summed E-state index contributed by atoms with van der Waals surface area (Å²) in [6.07, 6.45) is 1.72. The molecule has 0 bridgehead atoms. The molecular weight excluding hydrogens is 320 g/mol. The van der Waals surface area contributed by atoms with Crippen LogP contribution in [0.3, 0.4) is 0 Å². The van der Waals surface area contributed by atoms with Crippen molar-refractivity contribution in [2.45, 2.75) is 33.3 Å². The molecule has 2 heterocycles. The van der Waals surface area contributed by atoms with Crippen LogP contribution in [0.5, 0.6) is 5.75 Å². The van der Waals surface area contributed by atoms with E-state index in [4.69, 9.17) is 9.26 Å². The number of rotatable bonds is 5. The molecule has 1 aromatic carbocycles. The molecule has 0 saturated carbocycles. The number of carbonyl (C=O) groups is 1. The lowest BCUT2D eigenvalue weighted by molar-refractivity contribution is 0.0651. The number of piperidine rings is 1. The Morgan fingerprint density at radius 2 is 1.96 bits per heavy atom. The molecule has 1 N–H and O–H groups in total. The van der Waals surface area contributed by atoms with Crippen molar-refractivity contribution in [1.29, 1.82) is 0 Å². The van der Waals surface area contributed by atoms with E-state index >= 15 is 0 Å².